The molecule has 2 fully saturated rings. The van der Waals surface area contributed by atoms with Crippen molar-refractivity contribution in [3.8, 4) is 11.5 Å². The summed E-state index contributed by atoms with van der Waals surface area (Å²) >= 11 is 5.32. The van der Waals surface area contributed by atoms with Crippen molar-refractivity contribution in [1.29, 1.82) is 0 Å². The SMILES string of the molecule is O=C1NC(=S)N(c2ccc(Oc3ccccc3)cc2)C(=O)/C1=C/C1CCN(C(=O)OCc2ccccc2)CC1. The second-order valence-electron chi connectivity index (χ2n) is 9.25. The zero-order valence-electron chi connectivity index (χ0n) is 21.1. The molecular formula is C30H27N3O5S. The van der Waals surface area contributed by atoms with Gasteiger partial charge in [-0.1, -0.05) is 54.6 Å². The quantitative estimate of drug-likeness (QED) is 0.262. The van der Waals surface area contributed by atoms with Gasteiger partial charge in [-0.05, 0) is 72.9 Å². The lowest BCUT2D eigenvalue weighted by Crippen LogP contribution is -2.54. The number of rotatable bonds is 6. The summed E-state index contributed by atoms with van der Waals surface area (Å²) in [6.45, 7) is 1.17. The molecule has 2 saturated heterocycles. The summed E-state index contributed by atoms with van der Waals surface area (Å²) < 4.78 is 11.2. The van der Waals surface area contributed by atoms with Crippen molar-refractivity contribution in [3.05, 3.63) is 102 Å². The van der Waals surface area contributed by atoms with Crippen molar-refractivity contribution in [3.63, 3.8) is 0 Å². The molecule has 0 atom stereocenters. The number of carbonyl (C=O) groups is 3. The van der Waals surface area contributed by atoms with Gasteiger partial charge in [-0.25, -0.2) is 4.79 Å². The van der Waals surface area contributed by atoms with Crippen LogP contribution >= 0.6 is 12.2 Å². The van der Waals surface area contributed by atoms with Crippen LogP contribution < -0.4 is 15.0 Å². The molecule has 9 heteroatoms. The van der Waals surface area contributed by atoms with Crippen molar-refractivity contribution >= 4 is 40.9 Å². The molecule has 0 saturated carbocycles. The number of nitrogens with one attached hydrogen (secondary N) is 1. The molecule has 0 aromatic heterocycles. The summed E-state index contributed by atoms with van der Waals surface area (Å²) in [4.78, 5) is 41.5. The third-order valence-electron chi connectivity index (χ3n) is 6.58. The van der Waals surface area contributed by atoms with Gasteiger partial charge in [0, 0.05) is 13.1 Å². The second kappa shape index (κ2) is 11.9. The van der Waals surface area contributed by atoms with Crippen LogP contribution in [0.4, 0.5) is 10.5 Å². The highest BCUT2D eigenvalue weighted by molar-refractivity contribution is 7.80. The van der Waals surface area contributed by atoms with E-state index in [2.05, 4.69) is 5.32 Å². The van der Waals surface area contributed by atoms with Crippen LogP contribution in [0, 0.1) is 5.92 Å². The topological polar surface area (TPSA) is 88.2 Å². The smallest absolute Gasteiger partial charge is 0.410 e. The third-order valence-corrected chi connectivity index (χ3v) is 6.87. The van der Waals surface area contributed by atoms with E-state index in [1.54, 1.807) is 35.2 Å². The summed E-state index contributed by atoms with van der Waals surface area (Å²) in [5, 5.41) is 2.65. The molecule has 5 rings (SSSR count). The van der Waals surface area contributed by atoms with Crippen LogP contribution in [0.5, 0.6) is 11.5 Å². The van der Waals surface area contributed by atoms with E-state index in [-0.39, 0.29) is 29.3 Å². The fraction of sp³-hybridized carbons (Fsp3) is 0.200. The van der Waals surface area contributed by atoms with Crippen molar-refractivity contribution in [2.45, 2.75) is 19.4 Å². The van der Waals surface area contributed by atoms with E-state index >= 15 is 0 Å². The van der Waals surface area contributed by atoms with E-state index in [0.29, 0.717) is 43.1 Å². The zero-order chi connectivity index (χ0) is 27.2. The summed E-state index contributed by atoms with van der Waals surface area (Å²) in [6.07, 6.45) is 2.56. The third kappa shape index (κ3) is 6.32. The fourth-order valence-electron chi connectivity index (χ4n) is 4.49. The molecular weight excluding hydrogens is 514 g/mol. The van der Waals surface area contributed by atoms with Crippen molar-refractivity contribution in [2.75, 3.05) is 18.0 Å². The molecule has 0 unspecified atom stereocenters. The van der Waals surface area contributed by atoms with Gasteiger partial charge in [-0.3, -0.25) is 19.8 Å². The Morgan fingerprint density at radius 3 is 2.18 bits per heavy atom. The molecule has 0 bridgehead atoms. The van der Waals surface area contributed by atoms with Crippen LogP contribution in [0.25, 0.3) is 0 Å². The van der Waals surface area contributed by atoms with Gasteiger partial charge in [0.2, 0.25) is 0 Å². The molecule has 8 nitrogen and oxygen atoms in total. The average Bonchev–Trinajstić information content (AvgIpc) is 2.96. The zero-order valence-corrected chi connectivity index (χ0v) is 21.9. The van der Waals surface area contributed by atoms with Crippen molar-refractivity contribution in [1.82, 2.24) is 10.2 Å². The number of hydrogen-bond acceptors (Lipinski definition) is 6. The Labute approximate surface area is 231 Å². The Hall–Kier alpha value is -4.50. The number of ether oxygens (including phenoxy) is 2. The Kier molecular flexibility index (Phi) is 7.98. The minimum absolute atomic E-state index is 0.0230. The minimum atomic E-state index is -0.519. The number of likely N-dealkylation sites (tertiary alicyclic amines) is 1. The lowest BCUT2D eigenvalue weighted by molar-refractivity contribution is -0.122. The molecule has 0 aliphatic carbocycles. The number of thiocarbonyl (C=S) groups is 1. The lowest BCUT2D eigenvalue weighted by Gasteiger charge is -2.32. The van der Waals surface area contributed by atoms with Gasteiger partial charge in [0.05, 0.1) is 5.69 Å². The highest BCUT2D eigenvalue weighted by atomic mass is 32.1. The summed E-state index contributed by atoms with van der Waals surface area (Å²) in [7, 11) is 0. The van der Waals surface area contributed by atoms with Gasteiger partial charge in [0.25, 0.3) is 11.8 Å². The van der Waals surface area contributed by atoms with E-state index < -0.39 is 11.8 Å². The number of nitrogens with zero attached hydrogens (tertiary/aromatic N) is 2. The van der Waals surface area contributed by atoms with Gasteiger partial charge in [-0.15, -0.1) is 0 Å². The molecule has 0 radical (unpaired) electrons. The Morgan fingerprint density at radius 2 is 1.51 bits per heavy atom. The van der Waals surface area contributed by atoms with Gasteiger partial charge < -0.3 is 14.4 Å². The fourth-order valence-corrected chi connectivity index (χ4v) is 4.78. The number of amides is 3. The van der Waals surface area contributed by atoms with Gasteiger partial charge >= 0.3 is 6.09 Å². The first-order valence-corrected chi connectivity index (χ1v) is 13.1. The maximum absolute atomic E-state index is 13.4. The molecule has 3 amide bonds. The van der Waals surface area contributed by atoms with E-state index in [0.717, 1.165) is 5.56 Å². The van der Waals surface area contributed by atoms with E-state index in [1.165, 1.54) is 4.90 Å². The Bertz CT molecular complexity index is 1390. The largest absolute Gasteiger partial charge is 0.457 e. The standard InChI is InChI=1S/C30H27N3O5S/c34-27-26(19-21-15-17-32(18-16-21)30(36)37-20-22-7-3-1-4-8-22)28(35)33(29(39)31-27)23-11-13-25(14-12-23)38-24-9-5-2-6-10-24/h1-14,19,21H,15-18,20H2,(H,31,34,39)/b26-19+. The van der Waals surface area contributed by atoms with Crippen LogP contribution in [0.3, 0.4) is 0 Å². The molecule has 2 aliphatic heterocycles. The number of piperidine rings is 1. The first-order valence-electron chi connectivity index (χ1n) is 12.7. The van der Waals surface area contributed by atoms with E-state index in [9.17, 15) is 14.4 Å². The Balaban J connectivity index is 1.20. The van der Waals surface area contributed by atoms with E-state index in [1.807, 2.05) is 60.7 Å². The molecule has 0 spiro atoms. The van der Waals surface area contributed by atoms with Crippen LogP contribution in [0.1, 0.15) is 18.4 Å². The van der Waals surface area contributed by atoms with Gasteiger partial charge in [0.15, 0.2) is 5.11 Å². The highest BCUT2D eigenvalue weighted by Crippen LogP contribution is 2.28. The van der Waals surface area contributed by atoms with Gasteiger partial charge in [-0.2, -0.15) is 0 Å². The van der Waals surface area contributed by atoms with Crippen LogP contribution in [-0.4, -0.2) is 41.0 Å². The normalized spacial score (nSPS) is 17.2. The summed E-state index contributed by atoms with van der Waals surface area (Å²) in [5.41, 5.74) is 1.48. The summed E-state index contributed by atoms with van der Waals surface area (Å²) in [6, 6.07) is 25.8. The van der Waals surface area contributed by atoms with Crippen LogP contribution in [0.15, 0.2) is 96.6 Å². The highest BCUT2D eigenvalue weighted by Gasteiger charge is 2.35. The number of para-hydroxylation sites is 1. The summed E-state index contributed by atoms with van der Waals surface area (Å²) in [5.74, 6) is 0.264. The van der Waals surface area contributed by atoms with E-state index in [4.69, 9.17) is 21.7 Å². The molecule has 2 heterocycles. The first-order chi connectivity index (χ1) is 19.0. The molecule has 3 aromatic rings. The molecule has 1 N–H and O–H groups in total. The predicted octanol–water partition coefficient (Wildman–Crippen LogP) is 5.20. The van der Waals surface area contributed by atoms with Crippen molar-refractivity contribution < 1.29 is 23.9 Å². The van der Waals surface area contributed by atoms with Gasteiger partial charge in [0.1, 0.15) is 23.7 Å². The number of hydrogen-bond donors (Lipinski definition) is 1. The predicted molar refractivity (Wildman–Crippen MR) is 150 cm³/mol. The Morgan fingerprint density at radius 1 is 0.897 bits per heavy atom. The van der Waals surface area contributed by atoms with Crippen LogP contribution in [0.2, 0.25) is 0 Å². The first kappa shape index (κ1) is 26.1. The number of carbonyl (C=O) groups excluding carboxylic acids is 3. The lowest BCUT2D eigenvalue weighted by atomic mass is 9.93. The monoisotopic (exact) mass is 541 g/mol. The molecule has 39 heavy (non-hydrogen) atoms. The minimum Gasteiger partial charge on any atom is -0.457 e. The van der Waals surface area contributed by atoms with Crippen LogP contribution in [-0.2, 0) is 20.9 Å². The number of anilines is 1. The second-order valence-corrected chi connectivity index (χ2v) is 9.64. The number of allylic oxidation sites excluding steroid dienone is 1. The molecule has 3 aromatic carbocycles. The average molecular weight is 542 g/mol. The van der Waals surface area contributed by atoms with Crippen molar-refractivity contribution in [2.24, 2.45) is 5.92 Å². The number of benzene rings is 3. The maximum Gasteiger partial charge on any atom is 0.410 e. The molecule has 198 valence electrons. The molecule has 2 aliphatic rings. The maximum atomic E-state index is 13.4.